The number of hydrogen-bond acceptors (Lipinski definition) is 4. The molecule has 1 aromatic rings. The van der Waals surface area contributed by atoms with Gasteiger partial charge in [-0.15, -0.1) is 0 Å². The highest BCUT2D eigenvalue weighted by Gasteiger charge is 2.25. The number of nitrogen functional groups attached to an aromatic ring is 1. The molecule has 1 saturated carbocycles. The van der Waals surface area contributed by atoms with Crippen LogP contribution in [-0.2, 0) is 0 Å². The largest absolute Gasteiger partial charge is 0.391 e. The normalized spacial score (nSPS) is 28.6. The molecule has 14 heavy (non-hydrogen) atoms. The summed E-state index contributed by atoms with van der Waals surface area (Å²) >= 11 is 0. The van der Waals surface area contributed by atoms with E-state index < -0.39 is 0 Å². The lowest BCUT2D eigenvalue weighted by Crippen LogP contribution is -2.25. The van der Waals surface area contributed by atoms with E-state index in [4.69, 9.17) is 5.73 Å². The van der Waals surface area contributed by atoms with Crippen molar-refractivity contribution in [1.29, 1.82) is 0 Å². The first-order valence-electron chi connectivity index (χ1n) is 5.12. The van der Waals surface area contributed by atoms with E-state index in [1.165, 1.54) is 12.7 Å². The van der Waals surface area contributed by atoms with Gasteiger partial charge in [0.1, 0.15) is 6.33 Å². The maximum Gasteiger partial charge on any atom is 0.218 e. The van der Waals surface area contributed by atoms with Crippen molar-refractivity contribution in [2.75, 3.05) is 5.73 Å². The summed E-state index contributed by atoms with van der Waals surface area (Å²) in [6.07, 6.45) is 6.28. The fraction of sp³-hybridized carbons (Fsp3) is 0.778. The van der Waals surface area contributed by atoms with Crippen molar-refractivity contribution in [3.05, 3.63) is 6.33 Å². The third-order valence-electron chi connectivity index (χ3n) is 2.86. The van der Waals surface area contributed by atoms with Gasteiger partial charge in [-0.2, -0.15) is 5.10 Å². The summed E-state index contributed by atoms with van der Waals surface area (Å²) in [7, 11) is 0. The number of aliphatic hydroxyl groups is 1. The van der Waals surface area contributed by atoms with Crippen LogP contribution in [-0.4, -0.2) is 26.0 Å². The second kappa shape index (κ2) is 3.96. The van der Waals surface area contributed by atoms with Crippen LogP contribution in [0.3, 0.4) is 0 Å². The predicted octanol–water partition coefficient (Wildman–Crippen LogP) is 0.726. The highest BCUT2D eigenvalue weighted by Crippen LogP contribution is 2.27. The van der Waals surface area contributed by atoms with Crippen LogP contribution in [0.2, 0.25) is 0 Å². The minimum absolute atomic E-state index is 0.0139. The molecule has 3 N–H and O–H groups in total. The molecule has 5 nitrogen and oxygen atoms in total. The van der Waals surface area contributed by atoms with E-state index in [0.717, 1.165) is 25.7 Å². The third-order valence-corrected chi connectivity index (χ3v) is 2.86. The molecule has 0 aromatic carbocycles. The topological polar surface area (TPSA) is 77.0 Å². The standard InChI is InChI=1S/C9H16N4O/c10-9-11-6-12-13(9)7-4-2-1-3-5-8(7)14/h6-8,14H,1-5H2,(H2,10,11,12). The van der Waals surface area contributed by atoms with Crippen molar-refractivity contribution in [2.45, 2.75) is 44.2 Å². The number of nitrogens with zero attached hydrogens (tertiary/aromatic N) is 3. The third kappa shape index (κ3) is 1.72. The minimum atomic E-state index is -0.332. The molecule has 0 radical (unpaired) electrons. The molecule has 0 saturated heterocycles. The number of aliphatic hydroxyl groups excluding tert-OH is 1. The van der Waals surface area contributed by atoms with E-state index >= 15 is 0 Å². The van der Waals surface area contributed by atoms with Crippen molar-refractivity contribution < 1.29 is 5.11 Å². The van der Waals surface area contributed by atoms with Gasteiger partial charge in [0.05, 0.1) is 12.1 Å². The molecule has 78 valence electrons. The Bertz CT molecular complexity index is 299. The molecule has 2 atom stereocenters. The molecule has 0 bridgehead atoms. The molecule has 0 amide bonds. The molecule has 1 aliphatic carbocycles. The summed E-state index contributed by atoms with van der Waals surface area (Å²) in [6, 6.07) is 0.0139. The van der Waals surface area contributed by atoms with Gasteiger partial charge in [0.25, 0.3) is 0 Å². The average molecular weight is 196 g/mol. The van der Waals surface area contributed by atoms with E-state index in [2.05, 4.69) is 10.1 Å². The van der Waals surface area contributed by atoms with Crippen molar-refractivity contribution >= 4 is 5.95 Å². The van der Waals surface area contributed by atoms with Crippen LogP contribution in [0, 0.1) is 0 Å². The van der Waals surface area contributed by atoms with Crippen LogP contribution in [0.5, 0.6) is 0 Å². The number of hydrogen-bond donors (Lipinski definition) is 2. The lowest BCUT2D eigenvalue weighted by molar-refractivity contribution is 0.100. The number of nitrogens with two attached hydrogens (primary N) is 1. The summed E-state index contributed by atoms with van der Waals surface area (Å²) in [5.74, 6) is 0.399. The zero-order valence-electron chi connectivity index (χ0n) is 8.13. The smallest absolute Gasteiger partial charge is 0.218 e. The second-order valence-corrected chi connectivity index (χ2v) is 3.84. The van der Waals surface area contributed by atoms with Gasteiger partial charge in [0, 0.05) is 0 Å². The van der Waals surface area contributed by atoms with Gasteiger partial charge < -0.3 is 10.8 Å². The molecule has 1 aliphatic rings. The van der Waals surface area contributed by atoms with Gasteiger partial charge in [0.2, 0.25) is 5.95 Å². The van der Waals surface area contributed by atoms with Crippen molar-refractivity contribution in [1.82, 2.24) is 14.8 Å². The minimum Gasteiger partial charge on any atom is -0.391 e. The molecular weight excluding hydrogens is 180 g/mol. The van der Waals surface area contributed by atoms with Crippen molar-refractivity contribution in [2.24, 2.45) is 0 Å². The zero-order valence-corrected chi connectivity index (χ0v) is 8.13. The zero-order chi connectivity index (χ0) is 9.97. The van der Waals surface area contributed by atoms with E-state index in [1.54, 1.807) is 4.68 Å². The van der Waals surface area contributed by atoms with E-state index in [0.29, 0.717) is 5.95 Å². The van der Waals surface area contributed by atoms with Crippen LogP contribution in [0.4, 0.5) is 5.95 Å². The Morgan fingerprint density at radius 1 is 1.36 bits per heavy atom. The van der Waals surface area contributed by atoms with E-state index in [9.17, 15) is 5.11 Å². The maximum atomic E-state index is 9.90. The number of rotatable bonds is 1. The SMILES string of the molecule is Nc1ncnn1C1CCCCCC1O. The van der Waals surface area contributed by atoms with Gasteiger partial charge in [-0.1, -0.05) is 19.3 Å². The van der Waals surface area contributed by atoms with Crippen LogP contribution in [0.1, 0.15) is 38.1 Å². The molecule has 1 heterocycles. The molecule has 1 fully saturated rings. The Morgan fingerprint density at radius 3 is 2.86 bits per heavy atom. The molecule has 2 unspecified atom stereocenters. The maximum absolute atomic E-state index is 9.90. The quantitative estimate of drug-likeness (QED) is 0.649. The van der Waals surface area contributed by atoms with Crippen molar-refractivity contribution in [3.8, 4) is 0 Å². The summed E-state index contributed by atoms with van der Waals surface area (Å²) in [5.41, 5.74) is 5.66. The van der Waals surface area contributed by atoms with Gasteiger partial charge in [-0.3, -0.25) is 0 Å². The first-order valence-corrected chi connectivity index (χ1v) is 5.12. The van der Waals surface area contributed by atoms with Gasteiger partial charge >= 0.3 is 0 Å². The predicted molar refractivity (Wildman–Crippen MR) is 52.6 cm³/mol. The number of aromatic nitrogens is 3. The Morgan fingerprint density at radius 2 is 2.14 bits per heavy atom. The highest BCUT2D eigenvalue weighted by atomic mass is 16.3. The molecule has 5 heteroatoms. The van der Waals surface area contributed by atoms with Gasteiger partial charge in [0.15, 0.2) is 0 Å². The second-order valence-electron chi connectivity index (χ2n) is 3.84. The molecule has 2 rings (SSSR count). The Kier molecular flexibility index (Phi) is 2.67. The van der Waals surface area contributed by atoms with E-state index in [-0.39, 0.29) is 12.1 Å². The number of anilines is 1. The Labute approximate surface area is 82.9 Å². The van der Waals surface area contributed by atoms with Crippen LogP contribution in [0.25, 0.3) is 0 Å². The van der Waals surface area contributed by atoms with Crippen LogP contribution >= 0.6 is 0 Å². The summed E-state index contributed by atoms with van der Waals surface area (Å²) < 4.78 is 1.65. The lowest BCUT2D eigenvalue weighted by Gasteiger charge is -2.20. The fourth-order valence-electron chi connectivity index (χ4n) is 2.07. The van der Waals surface area contributed by atoms with Gasteiger partial charge in [-0.25, -0.2) is 9.67 Å². The molecule has 1 aromatic heterocycles. The van der Waals surface area contributed by atoms with Gasteiger partial charge in [-0.05, 0) is 12.8 Å². The average Bonchev–Trinajstić information content (AvgIpc) is 2.46. The van der Waals surface area contributed by atoms with Crippen molar-refractivity contribution in [3.63, 3.8) is 0 Å². The highest BCUT2D eigenvalue weighted by molar-refractivity contribution is 5.14. The first kappa shape index (κ1) is 9.45. The molecular formula is C9H16N4O. The summed E-state index contributed by atoms with van der Waals surface area (Å²) in [4.78, 5) is 3.88. The first-order chi connectivity index (χ1) is 6.79. The monoisotopic (exact) mass is 196 g/mol. The Hall–Kier alpha value is -1.10. The summed E-state index contributed by atoms with van der Waals surface area (Å²) in [5, 5.41) is 14.0. The molecule has 0 spiro atoms. The lowest BCUT2D eigenvalue weighted by atomic mass is 10.1. The fourth-order valence-corrected chi connectivity index (χ4v) is 2.07. The van der Waals surface area contributed by atoms with E-state index in [1.807, 2.05) is 0 Å². The summed E-state index contributed by atoms with van der Waals surface area (Å²) in [6.45, 7) is 0. The molecule has 0 aliphatic heterocycles. The van der Waals surface area contributed by atoms with Crippen LogP contribution in [0.15, 0.2) is 6.33 Å². The van der Waals surface area contributed by atoms with Crippen LogP contribution < -0.4 is 5.73 Å². The Balaban J connectivity index is 2.19.